The Hall–Kier alpha value is -2.96. The van der Waals surface area contributed by atoms with Gasteiger partial charge in [0.2, 0.25) is 5.75 Å². The summed E-state index contributed by atoms with van der Waals surface area (Å²) < 4.78 is 13.4. The van der Waals surface area contributed by atoms with E-state index in [2.05, 4.69) is 5.32 Å². The van der Waals surface area contributed by atoms with Gasteiger partial charge in [-0.3, -0.25) is 14.9 Å². The number of aryl methyl sites for hydroxylation is 1. The van der Waals surface area contributed by atoms with E-state index >= 15 is 0 Å². The molecule has 2 N–H and O–H groups in total. The van der Waals surface area contributed by atoms with E-state index in [4.69, 9.17) is 0 Å². The van der Waals surface area contributed by atoms with Crippen molar-refractivity contribution >= 4 is 17.3 Å². The molecule has 0 unspecified atom stereocenters. The summed E-state index contributed by atoms with van der Waals surface area (Å²) in [5, 5.41) is 22.8. The van der Waals surface area contributed by atoms with E-state index in [9.17, 15) is 24.4 Å². The maximum Gasteiger partial charge on any atom is 0.311 e. The van der Waals surface area contributed by atoms with Crippen LogP contribution in [0, 0.1) is 22.9 Å². The smallest absolute Gasteiger partial charge is 0.311 e. The van der Waals surface area contributed by atoms with Crippen LogP contribution in [0.25, 0.3) is 0 Å². The summed E-state index contributed by atoms with van der Waals surface area (Å²) in [6.07, 6.45) is 0. The quantitative estimate of drug-likeness (QED) is 0.671. The van der Waals surface area contributed by atoms with Gasteiger partial charge < -0.3 is 10.4 Å². The van der Waals surface area contributed by atoms with Gasteiger partial charge in [0.05, 0.1) is 10.5 Å². The Morgan fingerprint density at radius 1 is 1.33 bits per heavy atom. The van der Waals surface area contributed by atoms with Crippen molar-refractivity contribution in [1.29, 1.82) is 0 Å². The van der Waals surface area contributed by atoms with Crippen molar-refractivity contribution < 1.29 is 19.2 Å². The number of benzene rings is 2. The third-order valence-corrected chi connectivity index (χ3v) is 2.89. The zero-order valence-corrected chi connectivity index (χ0v) is 11.0. The second kappa shape index (κ2) is 5.58. The minimum absolute atomic E-state index is 0.189. The fourth-order valence-corrected chi connectivity index (χ4v) is 1.73. The topological polar surface area (TPSA) is 92.5 Å². The SMILES string of the molecule is Cc1ccc(NC(=O)c2cccc([N+](=O)[O-])c2O)cc1F. The lowest BCUT2D eigenvalue weighted by atomic mass is 10.1. The van der Waals surface area contributed by atoms with Crippen LogP contribution in [0.4, 0.5) is 15.8 Å². The lowest BCUT2D eigenvalue weighted by molar-refractivity contribution is -0.385. The largest absolute Gasteiger partial charge is 0.502 e. The number of phenolic OH excluding ortho intramolecular Hbond substituents is 1. The number of amides is 1. The first-order valence-corrected chi connectivity index (χ1v) is 5.94. The standard InChI is InChI=1S/C14H11FN2O4/c1-8-5-6-9(7-11(8)15)16-14(19)10-3-2-4-12(13(10)18)17(20)21/h2-7,18H,1H3,(H,16,19). The first kappa shape index (κ1) is 14.4. The molecule has 2 aromatic carbocycles. The summed E-state index contributed by atoms with van der Waals surface area (Å²) >= 11 is 0. The maximum atomic E-state index is 13.4. The zero-order chi connectivity index (χ0) is 15.6. The van der Waals surface area contributed by atoms with Crippen LogP contribution in [0.1, 0.15) is 15.9 Å². The predicted octanol–water partition coefficient (Wildman–Crippen LogP) is 3.00. The molecule has 2 aromatic rings. The highest BCUT2D eigenvalue weighted by Crippen LogP contribution is 2.29. The average molecular weight is 290 g/mol. The van der Waals surface area contributed by atoms with Gasteiger partial charge in [-0.25, -0.2) is 4.39 Å². The summed E-state index contributed by atoms with van der Waals surface area (Å²) in [5.41, 5.74) is -0.219. The number of phenols is 1. The number of nitrogens with one attached hydrogen (secondary N) is 1. The molecule has 0 saturated carbocycles. The molecule has 2 rings (SSSR count). The molecular formula is C14H11FN2O4. The molecule has 0 aromatic heterocycles. The predicted molar refractivity (Wildman–Crippen MR) is 73.9 cm³/mol. The van der Waals surface area contributed by atoms with E-state index in [-0.39, 0.29) is 11.3 Å². The van der Waals surface area contributed by atoms with Gasteiger partial charge in [0.15, 0.2) is 0 Å². The van der Waals surface area contributed by atoms with Crippen LogP contribution in [0.2, 0.25) is 0 Å². The molecule has 0 heterocycles. The minimum Gasteiger partial charge on any atom is -0.502 e. The van der Waals surface area contributed by atoms with E-state index in [0.29, 0.717) is 5.56 Å². The summed E-state index contributed by atoms with van der Waals surface area (Å²) in [7, 11) is 0. The van der Waals surface area contributed by atoms with E-state index in [1.807, 2.05) is 0 Å². The number of rotatable bonds is 3. The molecule has 1 amide bonds. The van der Waals surface area contributed by atoms with Crippen molar-refractivity contribution in [3.63, 3.8) is 0 Å². The molecule has 0 aliphatic rings. The van der Waals surface area contributed by atoms with Gasteiger partial charge in [0.1, 0.15) is 5.82 Å². The van der Waals surface area contributed by atoms with Crippen molar-refractivity contribution in [2.75, 3.05) is 5.32 Å². The molecule has 108 valence electrons. The van der Waals surface area contributed by atoms with Crippen LogP contribution in [-0.4, -0.2) is 15.9 Å². The van der Waals surface area contributed by atoms with Crippen molar-refractivity contribution in [3.8, 4) is 5.75 Å². The van der Waals surface area contributed by atoms with Crippen LogP contribution >= 0.6 is 0 Å². The van der Waals surface area contributed by atoms with Crippen LogP contribution in [0.15, 0.2) is 36.4 Å². The second-order valence-electron chi connectivity index (χ2n) is 4.35. The molecule has 0 fully saturated rings. The minimum atomic E-state index is -0.794. The molecule has 6 nitrogen and oxygen atoms in total. The Morgan fingerprint density at radius 3 is 2.67 bits per heavy atom. The number of anilines is 1. The van der Waals surface area contributed by atoms with Gasteiger partial charge in [0.25, 0.3) is 5.91 Å². The van der Waals surface area contributed by atoms with Crippen molar-refractivity contribution in [1.82, 2.24) is 0 Å². The molecule has 0 saturated heterocycles. The number of nitro benzene ring substituents is 1. The van der Waals surface area contributed by atoms with Crippen LogP contribution in [0.3, 0.4) is 0 Å². The summed E-state index contributed by atoms with van der Waals surface area (Å²) in [6.45, 7) is 1.58. The Labute approximate surface area is 119 Å². The van der Waals surface area contributed by atoms with E-state index in [1.54, 1.807) is 6.92 Å². The maximum absolute atomic E-state index is 13.4. The average Bonchev–Trinajstić information content (AvgIpc) is 2.42. The third kappa shape index (κ3) is 2.97. The molecule has 7 heteroatoms. The van der Waals surface area contributed by atoms with Gasteiger partial charge in [0, 0.05) is 11.8 Å². The Kier molecular flexibility index (Phi) is 3.84. The summed E-state index contributed by atoms with van der Waals surface area (Å²) in [4.78, 5) is 21.9. The van der Waals surface area contributed by atoms with Crippen molar-refractivity contribution in [3.05, 3.63) is 63.5 Å². The van der Waals surface area contributed by atoms with Gasteiger partial charge in [-0.15, -0.1) is 0 Å². The van der Waals surface area contributed by atoms with Gasteiger partial charge in [-0.1, -0.05) is 12.1 Å². The van der Waals surface area contributed by atoms with Crippen LogP contribution in [0.5, 0.6) is 5.75 Å². The monoisotopic (exact) mass is 290 g/mol. The lowest BCUT2D eigenvalue weighted by Crippen LogP contribution is -2.12. The summed E-state index contributed by atoms with van der Waals surface area (Å²) in [6, 6.07) is 7.70. The molecule has 21 heavy (non-hydrogen) atoms. The number of nitro groups is 1. The van der Waals surface area contributed by atoms with Crippen LogP contribution in [-0.2, 0) is 0 Å². The van der Waals surface area contributed by atoms with Crippen molar-refractivity contribution in [2.45, 2.75) is 6.92 Å². The highest BCUT2D eigenvalue weighted by Gasteiger charge is 2.21. The number of carbonyl (C=O) groups is 1. The van der Waals surface area contributed by atoms with E-state index in [1.165, 1.54) is 24.3 Å². The first-order valence-electron chi connectivity index (χ1n) is 5.94. The van der Waals surface area contributed by atoms with Crippen molar-refractivity contribution in [2.24, 2.45) is 0 Å². The Morgan fingerprint density at radius 2 is 2.05 bits per heavy atom. The van der Waals surface area contributed by atoms with E-state index < -0.39 is 28.1 Å². The molecule has 0 aliphatic carbocycles. The molecular weight excluding hydrogens is 279 g/mol. The van der Waals surface area contributed by atoms with E-state index in [0.717, 1.165) is 12.1 Å². The number of para-hydroxylation sites is 1. The van der Waals surface area contributed by atoms with Crippen LogP contribution < -0.4 is 5.32 Å². The normalized spacial score (nSPS) is 10.2. The molecule has 0 radical (unpaired) electrons. The second-order valence-corrected chi connectivity index (χ2v) is 4.35. The fraction of sp³-hybridized carbons (Fsp3) is 0.0714. The number of halogens is 1. The van der Waals surface area contributed by atoms with Gasteiger partial charge >= 0.3 is 5.69 Å². The highest BCUT2D eigenvalue weighted by atomic mass is 19.1. The Balaban J connectivity index is 2.30. The number of hydrogen-bond acceptors (Lipinski definition) is 4. The molecule has 0 aliphatic heterocycles. The Bertz CT molecular complexity index is 731. The number of nitrogens with zero attached hydrogens (tertiary/aromatic N) is 1. The highest BCUT2D eigenvalue weighted by molar-refractivity contribution is 6.06. The number of carbonyl (C=O) groups excluding carboxylic acids is 1. The van der Waals surface area contributed by atoms with Gasteiger partial charge in [-0.2, -0.15) is 0 Å². The lowest BCUT2D eigenvalue weighted by Gasteiger charge is -2.07. The number of hydrogen-bond donors (Lipinski definition) is 2. The molecule has 0 atom stereocenters. The van der Waals surface area contributed by atoms with Gasteiger partial charge in [-0.05, 0) is 30.7 Å². The summed E-state index contributed by atoms with van der Waals surface area (Å²) in [5.74, 6) is -1.98. The zero-order valence-electron chi connectivity index (χ0n) is 11.0. The molecule has 0 bridgehead atoms. The first-order chi connectivity index (χ1) is 9.90. The fourth-order valence-electron chi connectivity index (χ4n) is 1.73. The third-order valence-electron chi connectivity index (χ3n) is 2.89. The molecule has 0 spiro atoms. The number of aromatic hydroxyl groups is 1.